The summed E-state index contributed by atoms with van der Waals surface area (Å²) in [6.07, 6.45) is 0.0982. The number of ether oxygens (including phenoxy) is 2. The molecule has 2 rings (SSSR count). The van der Waals surface area contributed by atoms with Crippen molar-refractivity contribution in [1.82, 2.24) is 5.32 Å². The summed E-state index contributed by atoms with van der Waals surface area (Å²) >= 11 is 1.38. The maximum absolute atomic E-state index is 13.0. The van der Waals surface area contributed by atoms with Gasteiger partial charge in [0, 0.05) is 11.3 Å². The van der Waals surface area contributed by atoms with E-state index in [9.17, 15) is 14.4 Å². The van der Waals surface area contributed by atoms with Gasteiger partial charge < -0.3 is 14.8 Å². The van der Waals surface area contributed by atoms with Crippen LogP contribution in [0.3, 0.4) is 0 Å². The smallest absolute Gasteiger partial charge is 0.328 e. The summed E-state index contributed by atoms with van der Waals surface area (Å²) in [6, 6.07) is 17.9. The maximum Gasteiger partial charge on any atom is 0.328 e. The van der Waals surface area contributed by atoms with E-state index in [4.69, 9.17) is 4.74 Å². The summed E-state index contributed by atoms with van der Waals surface area (Å²) in [5.41, 5.74) is 0.811. The molecule has 6 nitrogen and oxygen atoms in total. The molecule has 0 fully saturated rings. The molecule has 1 amide bonds. The van der Waals surface area contributed by atoms with Crippen LogP contribution < -0.4 is 5.32 Å². The van der Waals surface area contributed by atoms with E-state index in [1.54, 1.807) is 0 Å². The van der Waals surface area contributed by atoms with Crippen molar-refractivity contribution in [2.75, 3.05) is 14.2 Å². The largest absolute Gasteiger partial charge is 0.469 e. The van der Waals surface area contributed by atoms with E-state index in [0.29, 0.717) is 0 Å². The molecule has 0 heterocycles. The van der Waals surface area contributed by atoms with Crippen LogP contribution >= 0.6 is 11.8 Å². The van der Waals surface area contributed by atoms with Gasteiger partial charge in [-0.15, -0.1) is 11.8 Å². The quantitative estimate of drug-likeness (QED) is 0.514. The molecule has 0 aliphatic rings. The van der Waals surface area contributed by atoms with Gasteiger partial charge in [-0.2, -0.15) is 0 Å². The normalized spacial score (nSPS) is 12.5. The van der Waals surface area contributed by atoms with Gasteiger partial charge in [0.1, 0.15) is 11.3 Å². The predicted molar refractivity (Wildman–Crippen MR) is 107 cm³/mol. The Labute approximate surface area is 168 Å². The molecule has 2 aromatic carbocycles. The van der Waals surface area contributed by atoms with E-state index in [0.717, 1.165) is 10.5 Å². The van der Waals surface area contributed by atoms with Crippen LogP contribution in [0.15, 0.2) is 65.6 Å². The van der Waals surface area contributed by atoms with Gasteiger partial charge >= 0.3 is 11.9 Å². The number of nitrogens with one attached hydrogen (secondary N) is 1. The number of amides is 1. The molecule has 0 spiro atoms. The fraction of sp³-hybridized carbons (Fsp3) is 0.286. The first-order valence-corrected chi connectivity index (χ1v) is 9.64. The number of carbonyl (C=O) groups excluding carboxylic acids is 3. The number of rotatable bonds is 9. The van der Waals surface area contributed by atoms with Crippen LogP contribution in [0.1, 0.15) is 23.7 Å². The fourth-order valence-electron chi connectivity index (χ4n) is 2.54. The molecule has 0 radical (unpaired) electrons. The van der Waals surface area contributed by atoms with E-state index in [-0.39, 0.29) is 18.7 Å². The lowest BCUT2D eigenvalue weighted by Gasteiger charge is -2.21. The van der Waals surface area contributed by atoms with Gasteiger partial charge in [-0.05, 0) is 24.1 Å². The van der Waals surface area contributed by atoms with Gasteiger partial charge in [0.05, 0.1) is 14.2 Å². The Bertz CT molecular complexity index is 782. The van der Waals surface area contributed by atoms with Crippen LogP contribution in [0.5, 0.6) is 0 Å². The Balaban J connectivity index is 2.19. The van der Waals surface area contributed by atoms with Gasteiger partial charge in [-0.1, -0.05) is 48.5 Å². The van der Waals surface area contributed by atoms with E-state index in [1.807, 2.05) is 60.7 Å². The second-order valence-corrected chi connectivity index (χ2v) is 7.10. The lowest BCUT2D eigenvalue weighted by molar-refractivity contribution is -0.146. The molecule has 0 aliphatic heterocycles. The van der Waals surface area contributed by atoms with Crippen LogP contribution in [-0.2, 0) is 23.9 Å². The van der Waals surface area contributed by atoms with Gasteiger partial charge in [-0.25, -0.2) is 4.79 Å². The topological polar surface area (TPSA) is 81.7 Å². The Kier molecular flexibility index (Phi) is 8.55. The van der Waals surface area contributed by atoms with Crippen molar-refractivity contribution >= 4 is 29.6 Å². The number of benzene rings is 2. The third-order valence-corrected chi connectivity index (χ3v) is 5.27. The van der Waals surface area contributed by atoms with Crippen molar-refractivity contribution in [3.8, 4) is 0 Å². The minimum absolute atomic E-state index is 0.00161. The number of hydrogen-bond acceptors (Lipinski definition) is 6. The van der Waals surface area contributed by atoms with Gasteiger partial charge in [-0.3, -0.25) is 9.59 Å². The summed E-state index contributed by atoms with van der Waals surface area (Å²) in [7, 11) is 2.52. The van der Waals surface area contributed by atoms with E-state index < -0.39 is 23.2 Å². The predicted octanol–water partition coefficient (Wildman–Crippen LogP) is 3.13. The van der Waals surface area contributed by atoms with Crippen molar-refractivity contribution in [3.05, 3.63) is 66.2 Å². The van der Waals surface area contributed by atoms with Crippen LogP contribution in [0.25, 0.3) is 0 Å². The number of carbonyl (C=O) groups is 3. The highest BCUT2D eigenvalue weighted by Gasteiger charge is 2.28. The lowest BCUT2D eigenvalue weighted by Crippen LogP contribution is -2.43. The molecule has 28 heavy (non-hydrogen) atoms. The van der Waals surface area contributed by atoms with Crippen LogP contribution in [0, 0.1) is 0 Å². The first kappa shape index (κ1) is 21.5. The van der Waals surface area contributed by atoms with Crippen molar-refractivity contribution in [3.63, 3.8) is 0 Å². The zero-order valence-electron chi connectivity index (χ0n) is 15.8. The van der Waals surface area contributed by atoms with Crippen molar-refractivity contribution in [1.29, 1.82) is 0 Å². The third kappa shape index (κ3) is 6.42. The number of thioether (sulfide) groups is 1. The molecule has 0 aromatic heterocycles. The molecular weight excluding hydrogens is 378 g/mol. The lowest BCUT2D eigenvalue weighted by atomic mass is 10.1. The Morgan fingerprint density at radius 2 is 1.54 bits per heavy atom. The van der Waals surface area contributed by atoms with Crippen molar-refractivity contribution in [2.45, 2.75) is 29.0 Å². The summed E-state index contributed by atoms with van der Waals surface area (Å²) in [5.74, 6) is -1.39. The summed E-state index contributed by atoms with van der Waals surface area (Å²) < 4.78 is 9.38. The molecule has 148 valence electrons. The molecule has 2 aromatic rings. The van der Waals surface area contributed by atoms with E-state index in [2.05, 4.69) is 10.1 Å². The molecular formula is C21H23NO5S. The molecule has 0 unspecified atom stereocenters. The second-order valence-electron chi connectivity index (χ2n) is 5.92. The number of esters is 2. The highest BCUT2D eigenvalue weighted by molar-refractivity contribution is 8.00. The number of hydrogen-bond donors (Lipinski definition) is 1. The zero-order chi connectivity index (χ0) is 20.4. The molecule has 0 aliphatic carbocycles. The standard InChI is InChI=1S/C21H23NO5S/c1-26-18(23)14-13-17(21(25)27-2)22-20(24)19(15-9-5-3-6-10-15)28-16-11-7-4-8-12-16/h3-12,17,19H,13-14H2,1-2H3,(H,22,24)/t17-,19-/m0/s1. The summed E-state index contributed by atoms with van der Waals surface area (Å²) in [4.78, 5) is 37.5. The van der Waals surface area contributed by atoms with E-state index in [1.165, 1.54) is 26.0 Å². The van der Waals surface area contributed by atoms with Gasteiger partial charge in [0.15, 0.2) is 0 Å². The average molecular weight is 401 g/mol. The SMILES string of the molecule is COC(=O)CC[C@H](NC(=O)[C@@H](Sc1ccccc1)c1ccccc1)C(=O)OC. The molecule has 0 saturated carbocycles. The Morgan fingerprint density at radius 1 is 0.929 bits per heavy atom. The first-order valence-electron chi connectivity index (χ1n) is 8.76. The van der Waals surface area contributed by atoms with Crippen LogP contribution in [-0.4, -0.2) is 38.1 Å². The molecule has 0 bridgehead atoms. The Morgan fingerprint density at radius 3 is 2.11 bits per heavy atom. The third-order valence-electron chi connectivity index (χ3n) is 4.00. The monoisotopic (exact) mass is 401 g/mol. The fourth-order valence-corrected chi connectivity index (χ4v) is 3.59. The van der Waals surface area contributed by atoms with Gasteiger partial charge in [0.2, 0.25) is 5.91 Å². The summed E-state index contributed by atoms with van der Waals surface area (Å²) in [6.45, 7) is 0. The molecule has 7 heteroatoms. The Hall–Kier alpha value is -2.80. The van der Waals surface area contributed by atoms with Crippen molar-refractivity contribution in [2.24, 2.45) is 0 Å². The first-order chi connectivity index (χ1) is 13.5. The van der Waals surface area contributed by atoms with E-state index >= 15 is 0 Å². The van der Waals surface area contributed by atoms with Crippen LogP contribution in [0.2, 0.25) is 0 Å². The number of methoxy groups -OCH3 is 2. The maximum atomic E-state index is 13.0. The summed E-state index contributed by atoms with van der Waals surface area (Å²) in [5, 5.41) is 2.16. The molecule has 1 N–H and O–H groups in total. The second kappa shape index (κ2) is 11.1. The molecule has 0 saturated heterocycles. The van der Waals surface area contributed by atoms with Crippen molar-refractivity contribution < 1.29 is 23.9 Å². The zero-order valence-corrected chi connectivity index (χ0v) is 16.6. The van der Waals surface area contributed by atoms with Crippen LogP contribution in [0.4, 0.5) is 0 Å². The van der Waals surface area contributed by atoms with Gasteiger partial charge in [0.25, 0.3) is 0 Å². The highest BCUT2D eigenvalue weighted by atomic mass is 32.2. The molecule has 2 atom stereocenters. The highest BCUT2D eigenvalue weighted by Crippen LogP contribution is 2.35. The average Bonchev–Trinajstić information content (AvgIpc) is 2.75. The minimum Gasteiger partial charge on any atom is -0.469 e. The minimum atomic E-state index is -0.931.